The predicted molar refractivity (Wildman–Crippen MR) is 59.3 cm³/mol. The summed E-state index contributed by atoms with van der Waals surface area (Å²) in [5.74, 6) is -0.528. The first-order chi connectivity index (χ1) is 7.84. The third-order valence-corrected chi connectivity index (χ3v) is 2.63. The van der Waals surface area contributed by atoms with Crippen molar-refractivity contribution in [1.82, 2.24) is 0 Å². The lowest BCUT2D eigenvalue weighted by Gasteiger charge is -2.13. The molecule has 0 amide bonds. The van der Waals surface area contributed by atoms with E-state index in [-0.39, 0.29) is 5.69 Å². The van der Waals surface area contributed by atoms with Gasteiger partial charge in [-0.3, -0.25) is 0 Å². The maximum absolute atomic E-state index is 13.4. The molecule has 1 rings (SSSR count). The Balaban J connectivity index is 2.77. The van der Waals surface area contributed by atoms with Crippen molar-refractivity contribution in [3.63, 3.8) is 0 Å². The van der Waals surface area contributed by atoms with Crippen LogP contribution in [0.5, 0.6) is 0 Å². The number of anilines is 1. The van der Waals surface area contributed by atoms with E-state index in [4.69, 9.17) is 0 Å². The van der Waals surface area contributed by atoms with Crippen LogP contribution in [0.1, 0.15) is 25.8 Å². The number of halogens is 4. The molecule has 17 heavy (non-hydrogen) atoms. The van der Waals surface area contributed by atoms with Gasteiger partial charge in [-0.25, -0.2) is 4.39 Å². The second kappa shape index (κ2) is 5.38. The molecule has 0 bridgehead atoms. The van der Waals surface area contributed by atoms with Gasteiger partial charge in [0.25, 0.3) is 0 Å². The Morgan fingerprint density at radius 1 is 1.29 bits per heavy atom. The fourth-order valence-electron chi connectivity index (χ4n) is 1.26. The fourth-order valence-corrected chi connectivity index (χ4v) is 1.26. The highest BCUT2D eigenvalue weighted by molar-refractivity contribution is 5.46. The number of nitrogens with one attached hydrogen (secondary N) is 1. The van der Waals surface area contributed by atoms with Crippen molar-refractivity contribution >= 4 is 5.69 Å². The van der Waals surface area contributed by atoms with E-state index < -0.39 is 17.6 Å². The van der Waals surface area contributed by atoms with E-state index in [1.165, 1.54) is 0 Å². The van der Waals surface area contributed by atoms with Crippen LogP contribution in [0.15, 0.2) is 18.2 Å². The largest absolute Gasteiger partial charge is 0.416 e. The zero-order valence-corrected chi connectivity index (χ0v) is 9.74. The summed E-state index contributed by atoms with van der Waals surface area (Å²) >= 11 is 0. The van der Waals surface area contributed by atoms with Gasteiger partial charge in [0.1, 0.15) is 5.82 Å². The Morgan fingerprint density at radius 2 is 1.94 bits per heavy atom. The van der Waals surface area contributed by atoms with E-state index >= 15 is 0 Å². The molecule has 1 unspecified atom stereocenters. The Kier molecular flexibility index (Phi) is 4.37. The molecule has 0 fully saturated rings. The van der Waals surface area contributed by atoms with Crippen LogP contribution in [0.3, 0.4) is 0 Å². The monoisotopic (exact) mass is 249 g/mol. The van der Waals surface area contributed by atoms with Crippen molar-refractivity contribution in [2.75, 3.05) is 11.9 Å². The highest BCUT2D eigenvalue weighted by Gasteiger charge is 2.31. The highest BCUT2D eigenvalue weighted by Crippen LogP contribution is 2.31. The van der Waals surface area contributed by atoms with Crippen LogP contribution in [0.25, 0.3) is 0 Å². The topological polar surface area (TPSA) is 12.0 Å². The number of hydrogen-bond acceptors (Lipinski definition) is 1. The summed E-state index contributed by atoms with van der Waals surface area (Å²) in [6.45, 7) is 4.52. The van der Waals surface area contributed by atoms with Gasteiger partial charge in [-0.1, -0.05) is 20.3 Å². The first kappa shape index (κ1) is 13.8. The molecular formula is C12H15F4N. The molecule has 96 valence electrons. The summed E-state index contributed by atoms with van der Waals surface area (Å²) in [7, 11) is 0. The second-order valence-electron chi connectivity index (χ2n) is 4.09. The van der Waals surface area contributed by atoms with E-state index in [9.17, 15) is 17.6 Å². The minimum atomic E-state index is -4.50. The standard InChI is InChI=1S/C12H15F4N/c1-3-8(2)7-17-11-5-4-9(6-10(11)13)12(14,15)16/h4-6,8,17H,3,7H2,1-2H3. The summed E-state index contributed by atoms with van der Waals surface area (Å²) in [4.78, 5) is 0. The number of rotatable bonds is 4. The molecule has 1 nitrogen and oxygen atoms in total. The lowest BCUT2D eigenvalue weighted by Crippen LogP contribution is -2.12. The molecule has 1 N–H and O–H groups in total. The number of alkyl halides is 3. The average Bonchev–Trinajstić information content (AvgIpc) is 2.25. The molecule has 0 aliphatic carbocycles. The molecule has 5 heteroatoms. The van der Waals surface area contributed by atoms with Crippen LogP contribution >= 0.6 is 0 Å². The van der Waals surface area contributed by atoms with Crippen molar-refractivity contribution in [2.24, 2.45) is 5.92 Å². The summed E-state index contributed by atoms with van der Waals surface area (Å²) in [6, 6.07) is 2.52. The maximum atomic E-state index is 13.4. The summed E-state index contributed by atoms with van der Waals surface area (Å²) in [6.07, 6.45) is -3.58. The van der Waals surface area contributed by atoms with Gasteiger partial charge >= 0.3 is 6.18 Å². The zero-order valence-electron chi connectivity index (χ0n) is 9.74. The van der Waals surface area contributed by atoms with Gasteiger partial charge in [-0.15, -0.1) is 0 Å². The Labute approximate surface area is 97.8 Å². The average molecular weight is 249 g/mol. The van der Waals surface area contributed by atoms with Crippen molar-refractivity contribution in [3.05, 3.63) is 29.6 Å². The summed E-state index contributed by atoms with van der Waals surface area (Å²) in [5.41, 5.74) is -0.859. The van der Waals surface area contributed by atoms with Crippen molar-refractivity contribution in [3.8, 4) is 0 Å². The third kappa shape index (κ3) is 3.91. The van der Waals surface area contributed by atoms with Gasteiger partial charge in [0.2, 0.25) is 0 Å². The molecule has 0 saturated heterocycles. The normalized spacial score (nSPS) is 13.5. The quantitative estimate of drug-likeness (QED) is 0.784. The van der Waals surface area contributed by atoms with Gasteiger partial charge in [-0.05, 0) is 24.1 Å². The first-order valence-electron chi connectivity index (χ1n) is 5.45. The van der Waals surface area contributed by atoms with Gasteiger partial charge in [-0.2, -0.15) is 13.2 Å². The Bertz CT molecular complexity index is 373. The molecule has 1 aromatic rings. The van der Waals surface area contributed by atoms with Crippen LogP contribution < -0.4 is 5.32 Å². The van der Waals surface area contributed by atoms with E-state index in [0.717, 1.165) is 18.6 Å². The van der Waals surface area contributed by atoms with Gasteiger partial charge in [0, 0.05) is 6.54 Å². The van der Waals surface area contributed by atoms with E-state index in [1.807, 2.05) is 13.8 Å². The third-order valence-electron chi connectivity index (χ3n) is 2.63. The van der Waals surface area contributed by atoms with Crippen LogP contribution in [-0.2, 0) is 6.18 Å². The molecule has 1 atom stereocenters. The van der Waals surface area contributed by atoms with Crippen molar-refractivity contribution in [2.45, 2.75) is 26.4 Å². The van der Waals surface area contributed by atoms with Crippen LogP contribution in [-0.4, -0.2) is 6.54 Å². The molecular weight excluding hydrogens is 234 g/mol. The smallest absolute Gasteiger partial charge is 0.382 e. The minimum Gasteiger partial charge on any atom is -0.382 e. The van der Waals surface area contributed by atoms with Gasteiger partial charge in [0.05, 0.1) is 11.3 Å². The lowest BCUT2D eigenvalue weighted by molar-refractivity contribution is -0.137. The van der Waals surface area contributed by atoms with Crippen LogP contribution in [0, 0.1) is 11.7 Å². The van der Waals surface area contributed by atoms with Crippen LogP contribution in [0.2, 0.25) is 0 Å². The van der Waals surface area contributed by atoms with Gasteiger partial charge in [0.15, 0.2) is 0 Å². The van der Waals surface area contributed by atoms with E-state index in [0.29, 0.717) is 18.5 Å². The van der Waals surface area contributed by atoms with E-state index in [2.05, 4.69) is 5.32 Å². The molecule has 0 aliphatic rings. The maximum Gasteiger partial charge on any atom is 0.416 e. The Morgan fingerprint density at radius 3 is 2.41 bits per heavy atom. The summed E-state index contributed by atoms with van der Waals surface area (Å²) in [5, 5.41) is 2.80. The molecule has 0 aliphatic heterocycles. The van der Waals surface area contributed by atoms with Crippen LogP contribution in [0.4, 0.5) is 23.2 Å². The number of benzene rings is 1. The predicted octanol–water partition coefficient (Wildman–Crippen LogP) is 4.30. The highest BCUT2D eigenvalue weighted by atomic mass is 19.4. The minimum absolute atomic E-state index is 0.110. The second-order valence-corrected chi connectivity index (χ2v) is 4.09. The molecule has 0 spiro atoms. The van der Waals surface area contributed by atoms with Gasteiger partial charge < -0.3 is 5.32 Å². The van der Waals surface area contributed by atoms with Crippen molar-refractivity contribution < 1.29 is 17.6 Å². The molecule has 1 aromatic carbocycles. The lowest BCUT2D eigenvalue weighted by atomic mass is 10.1. The van der Waals surface area contributed by atoms with Crippen molar-refractivity contribution in [1.29, 1.82) is 0 Å². The number of hydrogen-bond donors (Lipinski definition) is 1. The first-order valence-corrected chi connectivity index (χ1v) is 5.45. The SMILES string of the molecule is CCC(C)CNc1ccc(C(F)(F)F)cc1F. The molecule has 0 aromatic heterocycles. The Hall–Kier alpha value is -1.26. The molecule has 0 radical (unpaired) electrons. The summed E-state index contributed by atoms with van der Waals surface area (Å²) < 4.78 is 50.2. The molecule has 0 heterocycles. The molecule has 0 saturated carbocycles. The van der Waals surface area contributed by atoms with E-state index in [1.54, 1.807) is 0 Å². The zero-order chi connectivity index (χ0) is 13.1. The fraction of sp³-hybridized carbons (Fsp3) is 0.500.